The lowest BCUT2D eigenvalue weighted by Gasteiger charge is -2.29. The number of hydrogen-bond donors (Lipinski definition) is 0. The summed E-state index contributed by atoms with van der Waals surface area (Å²) in [6, 6.07) is 9.58. The summed E-state index contributed by atoms with van der Waals surface area (Å²) in [7, 11) is 1.70. The first-order valence-corrected chi connectivity index (χ1v) is 8.87. The number of nitrogens with zero attached hydrogens (tertiary/aromatic N) is 3. The summed E-state index contributed by atoms with van der Waals surface area (Å²) in [5.41, 5.74) is 3.06. The number of aryl methyl sites for hydroxylation is 2. The third-order valence-corrected chi connectivity index (χ3v) is 4.60. The molecule has 6 nitrogen and oxygen atoms in total. The second kappa shape index (κ2) is 6.94. The van der Waals surface area contributed by atoms with Crippen LogP contribution in [0.25, 0.3) is 0 Å². The van der Waals surface area contributed by atoms with Gasteiger partial charge in [-0.1, -0.05) is 39.0 Å². The molecule has 0 spiro atoms. The van der Waals surface area contributed by atoms with Crippen molar-refractivity contribution in [2.75, 3.05) is 18.1 Å². The van der Waals surface area contributed by atoms with Crippen LogP contribution >= 0.6 is 0 Å². The summed E-state index contributed by atoms with van der Waals surface area (Å²) >= 11 is 0. The van der Waals surface area contributed by atoms with E-state index in [2.05, 4.69) is 5.10 Å². The Hall–Kier alpha value is -2.63. The van der Waals surface area contributed by atoms with Crippen molar-refractivity contribution in [1.82, 2.24) is 9.78 Å². The third kappa shape index (κ3) is 3.64. The minimum absolute atomic E-state index is 0.163. The van der Waals surface area contributed by atoms with Crippen molar-refractivity contribution in [2.24, 2.45) is 7.05 Å². The average molecular weight is 355 g/mol. The van der Waals surface area contributed by atoms with Gasteiger partial charge in [0.05, 0.1) is 5.69 Å². The van der Waals surface area contributed by atoms with Crippen LogP contribution in [0.5, 0.6) is 0 Å². The molecule has 0 saturated heterocycles. The summed E-state index contributed by atoms with van der Waals surface area (Å²) in [4.78, 5) is 26.7. The quantitative estimate of drug-likeness (QED) is 0.794. The molecule has 1 aromatic heterocycles. The summed E-state index contributed by atoms with van der Waals surface area (Å²) in [5.74, 6) is -0.738. The van der Waals surface area contributed by atoms with Gasteiger partial charge in [0, 0.05) is 24.7 Å². The summed E-state index contributed by atoms with van der Waals surface area (Å²) < 4.78 is 6.78. The van der Waals surface area contributed by atoms with E-state index in [1.807, 2.05) is 45.0 Å². The summed E-state index contributed by atoms with van der Waals surface area (Å²) in [6.45, 7) is 6.46. The number of esters is 1. The van der Waals surface area contributed by atoms with Gasteiger partial charge in [-0.15, -0.1) is 0 Å². The molecule has 0 aliphatic carbocycles. The number of carbonyl (C=O) groups excluding carboxylic acids is 2. The highest BCUT2D eigenvalue weighted by atomic mass is 16.5. The zero-order valence-electron chi connectivity index (χ0n) is 15.8. The van der Waals surface area contributed by atoms with Crippen LogP contribution in [-0.4, -0.2) is 34.8 Å². The van der Waals surface area contributed by atoms with E-state index in [-0.39, 0.29) is 17.9 Å². The molecule has 1 aromatic carbocycles. The Kier molecular flexibility index (Phi) is 4.85. The van der Waals surface area contributed by atoms with Crippen molar-refractivity contribution in [1.29, 1.82) is 0 Å². The van der Waals surface area contributed by atoms with E-state index in [1.165, 1.54) is 4.68 Å². The SMILES string of the molecule is Cn1nc(C(C)(C)C)cc1C(=O)OCC(=O)N1CCCc2ccccc21. The second-order valence-electron chi connectivity index (χ2n) is 7.64. The second-order valence-corrected chi connectivity index (χ2v) is 7.64. The molecule has 0 unspecified atom stereocenters. The predicted octanol–water partition coefficient (Wildman–Crippen LogP) is 2.85. The molecule has 1 aliphatic heterocycles. The highest BCUT2D eigenvalue weighted by molar-refractivity contribution is 5.97. The zero-order chi connectivity index (χ0) is 18.9. The number of fused-ring (bicyclic) bond motifs is 1. The number of amides is 1. The first kappa shape index (κ1) is 18.2. The molecular weight excluding hydrogens is 330 g/mol. The Labute approximate surface area is 153 Å². The number of para-hydroxylation sites is 1. The van der Waals surface area contributed by atoms with Crippen molar-refractivity contribution in [3.8, 4) is 0 Å². The molecule has 1 aliphatic rings. The maximum absolute atomic E-state index is 12.6. The molecule has 6 heteroatoms. The van der Waals surface area contributed by atoms with Crippen LogP contribution in [0.1, 0.15) is 48.9 Å². The molecule has 0 bridgehead atoms. The van der Waals surface area contributed by atoms with Gasteiger partial charge in [0.2, 0.25) is 0 Å². The van der Waals surface area contributed by atoms with Gasteiger partial charge >= 0.3 is 5.97 Å². The number of benzene rings is 1. The fourth-order valence-corrected chi connectivity index (χ4v) is 3.10. The van der Waals surface area contributed by atoms with Gasteiger partial charge in [-0.05, 0) is 30.5 Å². The van der Waals surface area contributed by atoms with Crippen LogP contribution in [-0.2, 0) is 28.4 Å². The Morgan fingerprint density at radius 1 is 1.23 bits per heavy atom. The van der Waals surface area contributed by atoms with Crippen LogP contribution in [0.4, 0.5) is 5.69 Å². The largest absolute Gasteiger partial charge is 0.451 e. The van der Waals surface area contributed by atoms with Crippen molar-refractivity contribution in [3.63, 3.8) is 0 Å². The number of anilines is 1. The van der Waals surface area contributed by atoms with Crippen molar-refractivity contribution in [3.05, 3.63) is 47.3 Å². The third-order valence-electron chi connectivity index (χ3n) is 4.60. The van der Waals surface area contributed by atoms with Gasteiger partial charge in [-0.25, -0.2) is 4.79 Å². The van der Waals surface area contributed by atoms with E-state index in [0.29, 0.717) is 12.2 Å². The van der Waals surface area contributed by atoms with Crippen molar-refractivity contribution in [2.45, 2.75) is 39.0 Å². The fourth-order valence-electron chi connectivity index (χ4n) is 3.10. The van der Waals surface area contributed by atoms with Crippen LogP contribution in [0.15, 0.2) is 30.3 Å². The van der Waals surface area contributed by atoms with E-state index < -0.39 is 5.97 Å². The minimum atomic E-state index is -0.533. The molecule has 2 aromatic rings. The molecule has 0 fully saturated rings. The molecule has 1 amide bonds. The van der Waals surface area contributed by atoms with Gasteiger partial charge in [0.25, 0.3) is 5.91 Å². The maximum atomic E-state index is 12.6. The Balaban J connectivity index is 1.67. The van der Waals surface area contributed by atoms with Gasteiger partial charge in [0.1, 0.15) is 5.69 Å². The molecule has 0 saturated carbocycles. The lowest BCUT2D eigenvalue weighted by molar-refractivity contribution is -0.121. The molecule has 2 heterocycles. The number of ether oxygens (including phenoxy) is 1. The molecular formula is C20H25N3O3. The van der Waals surface area contributed by atoms with E-state index in [1.54, 1.807) is 18.0 Å². The Morgan fingerprint density at radius 2 is 1.96 bits per heavy atom. The van der Waals surface area contributed by atoms with Gasteiger partial charge in [-0.3, -0.25) is 9.48 Å². The van der Waals surface area contributed by atoms with Crippen molar-refractivity contribution >= 4 is 17.6 Å². The van der Waals surface area contributed by atoms with Crippen LogP contribution in [0.3, 0.4) is 0 Å². The molecule has 0 atom stereocenters. The van der Waals surface area contributed by atoms with E-state index in [9.17, 15) is 9.59 Å². The molecule has 0 radical (unpaired) electrons. The first-order valence-electron chi connectivity index (χ1n) is 8.87. The molecule has 26 heavy (non-hydrogen) atoms. The lowest BCUT2D eigenvalue weighted by Crippen LogP contribution is -2.38. The smallest absolute Gasteiger partial charge is 0.357 e. The standard InChI is InChI=1S/C20H25N3O3/c1-20(2,3)17-12-16(22(4)21-17)19(25)26-13-18(24)23-11-7-9-14-8-5-6-10-15(14)23/h5-6,8,10,12H,7,9,11,13H2,1-4H3. The fraction of sp³-hybridized carbons (Fsp3) is 0.450. The lowest BCUT2D eigenvalue weighted by atomic mass is 9.92. The summed E-state index contributed by atoms with van der Waals surface area (Å²) in [6.07, 6.45) is 1.87. The van der Waals surface area contributed by atoms with Crippen LogP contribution in [0.2, 0.25) is 0 Å². The Morgan fingerprint density at radius 3 is 2.65 bits per heavy atom. The van der Waals surface area contributed by atoms with Crippen LogP contribution in [0, 0.1) is 0 Å². The predicted molar refractivity (Wildman–Crippen MR) is 99.3 cm³/mol. The zero-order valence-corrected chi connectivity index (χ0v) is 15.8. The Bertz CT molecular complexity index is 833. The van der Waals surface area contributed by atoms with Gasteiger partial charge < -0.3 is 9.64 Å². The van der Waals surface area contributed by atoms with Gasteiger partial charge in [0.15, 0.2) is 6.61 Å². The van der Waals surface area contributed by atoms with Gasteiger partial charge in [-0.2, -0.15) is 5.10 Å². The molecule has 3 rings (SSSR count). The van der Waals surface area contributed by atoms with Crippen LogP contribution < -0.4 is 4.90 Å². The van der Waals surface area contributed by atoms with E-state index in [0.717, 1.165) is 29.8 Å². The highest BCUT2D eigenvalue weighted by Crippen LogP contribution is 2.27. The number of hydrogen-bond acceptors (Lipinski definition) is 4. The molecule has 0 N–H and O–H groups in total. The minimum Gasteiger partial charge on any atom is -0.451 e. The average Bonchev–Trinajstić information content (AvgIpc) is 3.01. The molecule has 138 valence electrons. The van der Waals surface area contributed by atoms with Crippen molar-refractivity contribution < 1.29 is 14.3 Å². The maximum Gasteiger partial charge on any atom is 0.357 e. The number of rotatable bonds is 3. The highest BCUT2D eigenvalue weighted by Gasteiger charge is 2.25. The number of carbonyl (C=O) groups is 2. The van der Waals surface area contributed by atoms with E-state index in [4.69, 9.17) is 4.74 Å². The normalized spacial score (nSPS) is 14.1. The topological polar surface area (TPSA) is 64.4 Å². The monoisotopic (exact) mass is 355 g/mol. The first-order chi connectivity index (χ1) is 12.3. The summed E-state index contributed by atoms with van der Waals surface area (Å²) in [5, 5.41) is 4.37. The number of aromatic nitrogens is 2. The van der Waals surface area contributed by atoms with E-state index >= 15 is 0 Å².